The number of aromatic nitrogens is 3. The molecule has 2 heterocycles. The van der Waals surface area contributed by atoms with Gasteiger partial charge >= 0.3 is 6.18 Å². The number of thioether (sulfide) groups is 1. The minimum absolute atomic E-state index is 0.00249. The van der Waals surface area contributed by atoms with Crippen LogP contribution >= 0.6 is 69.2 Å². The molecule has 0 fully saturated rings. The summed E-state index contributed by atoms with van der Waals surface area (Å²) in [7, 11) is 0. The zero-order valence-corrected chi connectivity index (χ0v) is 18.4. The van der Waals surface area contributed by atoms with Crippen molar-refractivity contribution in [1.82, 2.24) is 15.2 Å². The largest absolute Gasteiger partial charge is 0.434 e. The highest BCUT2D eigenvalue weighted by atomic mass is 35.5. The third-order valence-corrected chi connectivity index (χ3v) is 6.83. The maximum atomic E-state index is 13.4. The topological polar surface area (TPSA) is 62.7 Å². The second-order valence-corrected chi connectivity index (χ2v) is 9.45. The first-order chi connectivity index (χ1) is 13.2. The summed E-state index contributed by atoms with van der Waals surface area (Å²) in [4.78, 5) is 3.65. The maximum absolute atomic E-state index is 13.4. The van der Waals surface area contributed by atoms with Gasteiger partial charge in [0.15, 0.2) is 15.2 Å². The first kappa shape index (κ1) is 21.7. The van der Waals surface area contributed by atoms with E-state index >= 15 is 0 Å². The van der Waals surface area contributed by atoms with Crippen LogP contribution in [0.1, 0.15) is 10.6 Å². The van der Waals surface area contributed by atoms with E-state index in [-0.39, 0.29) is 32.3 Å². The van der Waals surface area contributed by atoms with Crippen molar-refractivity contribution in [2.24, 2.45) is 0 Å². The summed E-state index contributed by atoms with van der Waals surface area (Å²) in [5, 5.41) is 14.4. The van der Waals surface area contributed by atoms with Gasteiger partial charge in [-0.05, 0) is 18.4 Å². The normalized spacial score (nSPS) is 11.7. The zero-order valence-electron chi connectivity index (χ0n) is 13.7. The van der Waals surface area contributed by atoms with E-state index < -0.39 is 11.9 Å². The highest BCUT2D eigenvalue weighted by molar-refractivity contribution is 8.00. The molecular formula is C14H9Cl3F3N5S3. The minimum atomic E-state index is -4.62. The fourth-order valence-electron chi connectivity index (χ4n) is 2.03. The predicted molar refractivity (Wildman–Crippen MR) is 111 cm³/mol. The Hall–Kier alpha value is -0.980. The molecule has 2 N–H and O–H groups in total. The molecule has 3 aromatic rings. The number of halogens is 6. The van der Waals surface area contributed by atoms with Gasteiger partial charge in [0.1, 0.15) is 0 Å². The fourth-order valence-corrected chi connectivity index (χ4v) is 5.04. The van der Waals surface area contributed by atoms with Gasteiger partial charge in [-0.2, -0.15) is 13.2 Å². The van der Waals surface area contributed by atoms with Gasteiger partial charge in [-0.3, -0.25) is 0 Å². The van der Waals surface area contributed by atoms with Crippen molar-refractivity contribution in [1.29, 1.82) is 0 Å². The molecule has 0 aliphatic rings. The van der Waals surface area contributed by atoms with Crippen molar-refractivity contribution < 1.29 is 13.2 Å². The van der Waals surface area contributed by atoms with Gasteiger partial charge in [-0.15, -0.1) is 10.2 Å². The van der Waals surface area contributed by atoms with Gasteiger partial charge in [0.2, 0.25) is 5.13 Å². The lowest BCUT2D eigenvalue weighted by Crippen LogP contribution is -2.11. The predicted octanol–water partition coefficient (Wildman–Crippen LogP) is 7.05. The van der Waals surface area contributed by atoms with Crippen LogP contribution in [0.4, 0.5) is 29.1 Å². The molecule has 0 aliphatic heterocycles. The summed E-state index contributed by atoms with van der Waals surface area (Å²) >= 11 is 21.5. The summed E-state index contributed by atoms with van der Waals surface area (Å²) < 4.78 is 40.9. The Morgan fingerprint density at radius 3 is 2.32 bits per heavy atom. The smallest absolute Gasteiger partial charge is 0.355 e. The summed E-state index contributed by atoms with van der Waals surface area (Å²) in [6.45, 7) is -0.112. The Labute approximate surface area is 184 Å². The summed E-state index contributed by atoms with van der Waals surface area (Å²) in [6, 6.07) is 2.85. The minimum Gasteiger partial charge on any atom is -0.355 e. The maximum Gasteiger partial charge on any atom is 0.434 e. The Morgan fingerprint density at radius 1 is 1.07 bits per heavy atom. The second kappa shape index (κ2) is 8.80. The molecular weight excluding hydrogens is 498 g/mol. The number of thiazole rings is 1. The monoisotopic (exact) mass is 505 g/mol. The Morgan fingerprint density at radius 2 is 1.75 bits per heavy atom. The molecule has 0 radical (unpaired) electrons. The average molecular weight is 507 g/mol. The Kier molecular flexibility index (Phi) is 6.83. The Balaban J connectivity index is 1.85. The van der Waals surface area contributed by atoms with E-state index in [4.69, 9.17) is 34.8 Å². The van der Waals surface area contributed by atoms with E-state index in [0.29, 0.717) is 14.5 Å². The fraction of sp³-hybridized carbons (Fsp3) is 0.214. The van der Waals surface area contributed by atoms with E-state index in [2.05, 4.69) is 25.8 Å². The van der Waals surface area contributed by atoms with Crippen molar-refractivity contribution in [3.05, 3.63) is 37.8 Å². The molecule has 1 aromatic carbocycles. The van der Waals surface area contributed by atoms with Gasteiger partial charge in [0, 0.05) is 5.02 Å². The number of hydrogen-bond donors (Lipinski definition) is 2. The van der Waals surface area contributed by atoms with Crippen molar-refractivity contribution in [2.75, 3.05) is 16.9 Å². The van der Waals surface area contributed by atoms with Crippen LogP contribution in [0.5, 0.6) is 0 Å². The van der Waals surface area contributed by atoms with E-state index in [1.807, 2.05) is 6.26 Å². The van der Waals surface area contributed by atoms with Crippen molar-refractivity contribution in [2.45, 2.75) is 17.1 Å². The average Bonchev–Trinajstić information content (AvgIpc) is 3.22. The zero-order chi connectivity index (χ0) is 20.5. The third kappa shape index (κ3) is 5.14. The lowest BCUT2D eigenvalue weighted by molar-refractivity contribution is -0.141. The van der Waals surface area contributed by atoms with Gasteiger partial charge < -0.3 is 10.6 Å². The molecule has 2 aromatic heterocycles. The number of alkyl halides is 3. The quantitative estimate of drug-likeness (QED) is 0.349. The molecule has 14 heteroatoms. The van der Waals surface area contributed by atoms with Crippen LogP contribution < -0.4 is 10.6 Å². The van der Waals surface area contributed by atoms with Crippen LogP contribution in [0, 0.1) is 0 Å². The van der Waals surface area contributed by atoms with E-state index in [1.165, 1.54) is 35.2 Å². The van der Waals surface area contributed by atoms with Crippen LogP contribution in [-0.4, -0.2) is 21.4 Å². The number of benzene rings is 1. The highest BCUT2D eigenvalue weighted by Gasteiger charge is 2.37. The number of nitrogens with zero attached hydrogens (tertiary/aromatic N) is 3. The molecule has 0 saturated heterocycles. The van der Waals surface area contributed by atoms with E-state index in [1.54, 1.807) is 0 Å². The number of anilines is 3. The number of nitrogens with one attached hydrogen (secondary N) is 2. The molecule has 0 amide bonds. The molecule has 3 rings (SSSR count). The molecule has 28 heavy (non-hydrogen) atoms. The van der Waals surface area contributed by atoms with E-state index in [0.717, 1.165) is 11.3 Å². The van der Waals surface area contributed by atoms with Gasteiger partial charge in [0.05, 0.1) is 27.2 Å². The first-order valence-corrected chi connectivity index (χ1v) is 11.3. The lowest BCUT2D eigenvalue weighted by atomic mass is 10.3. The molecule has 0 saturated carbocycles. The van der Waals surface area contributed by atoms with Crippen LogP contribution in [0.3, 0.4) is 0 Å². The van der Waals surface area contributed by atoms with Crippen LogP contribution in [-0.2, 0) is 12.7 Å². The lowest BCUT2D eigenvalue weighted by Gasteiger charge is -2.08. The van der Waals surface area contributed by atoms with Crippen LogP contribution in [0.15, 0.2) is 16.5 Å². The van der Waals surface area contributed by atoms with Gasteiger partial charge in [-0.1, -0.05) is 69.2 Å². The van der Waals surface area contributed by atoms with Crippen LogP contribution in [0.2, 0.25) is 15.1 Å². The van der Waals surface area contributed by atoms with Crippen molar-refractivity contribution >= 4 is 85.2 Å². The third-order valence-electron chi connectivity index (χ3n) is 3.19. The standard InChI is InChI=1S/C14H9Cl3F3N5S3/c1-26-13-25-24-11(28-13)21-4-8-10(14(18,19)20)23-12(27-8)22-9-6(16)2-5(15)3-7(9)17/h2-3H,4H2,1H3,(H,21,24)(H,22,23). The summed E-state index contributed by atoms with van der Waals surface area (Å²) in [5.41, 5.74) is -0.772. The number of hydrogen-bond acceptors (Lipinski definition) is 8. The molecule has 5 nitrogen and oxygen atoms in total. The van der Waals surface area contributed by atoms with Gasteiger partial charge in [0.25, 0.3) is 0 Å². The van der Waals surface area contributed by atoms with Crippen LogP contribution in [0.25, 0.3) is 0 Å². The summed E-state index contributed by atoms with van der Waals surface area (Å²) in [6.07, 6.45) is -2.78. The second-order valence-electron chi connectivity index (χ2n) is 5.09. The summed E-state index contributed by atoms with van der Waals surface area (Å²) in [5.74, 6) is 0. The molecule has 0 atom stereocenters. The van der Waals surface area contributed by atoms with Crippen molar-refractivity contribution in [3.8, 4) is 0 Å². The molecule has 0 unspecified atom stereocenters. The molecule has 0 bridgehead atoms. The highest BCUT2D eigenvalue weighted by Crippen LogP contribution is 2.40. The van der Waals surface area contributed by atoms with E-state index in [9.17, 15) is 13.2 Å². The van der Waals surface area contributed by atoms with Gasteiger partial charge in [-0.25, -0.2) is 4.98 Å². The SMILES string of the molecule is CSc1nnc(NCc2sc(Nc3c(Cl)cc(Cl)cc3Cl)nc2C(F)(F)F)s1. The Bertz CT molecular complexity index is 969. The molecule has 0 aliphatic carbocycles. The van der Waals surface area contributed by atoms with Crippen molar-refractivity contribution in [3.63, 3.8) is 0 Å². The molecule has 150 valence electrons. The number of rotatable bonds is 6. The first-order valence-electron chi connectivity index (χ1n) is 7.27. The molecule has 0 spiro atoms.